The number of fused-ring (bicyclic) bond motifs is 1. The largest absolute Gasteiger partial charge is 0.393 e. The van der Waals surface area contributed by atoms with Crippen molar-refractivity contribution >= 4 is 16.9 Å². The Labute approximate surface area is 111 Å². The summed E-state index contributed by atoms with van der Waals surface area (Å²) in [5.41, 5.74) is 1.67. The molecule has 5 heteroatoms. The molecule has 5 nitrogen and oxygen atoms in total. The molecule has 0 atom stereocenters. The van der Waals surface area contributed by atoms with Crippen LogP contribution in [0.15, 0.2) is 24.3 Å². The highest BCUT2D eigenvalue weighted by Crippen LogP contribution is 2.18. The third-order valence-electron chi connectivity index (χ3n) is 3.64. The zero-order valence-electron chi connectivity index (χ0n) is 10.6. The number of benzene rings is 1. The van der Waals surface area contributed by atoms with Gasteiger partial charge in [-0.3, -0.25) is 4.79 Å². The van der Waals surface area contributed by atoms with Crippen molar-refractivity contribution in [2.45, 2.75) is 37.8 Å². The molecule has 1 heterocycles. The molecular weight excluding hydrogens is 242 g/mol. The van der Waals surface area contributed by atoms with Gasteiger partial charge in [0.15, 0.2) is 5.82 Å². The van der Waals surface area contributed by atoms with Crippen LogP contribution in [-0.4, -0.2) is 33.1 Å². The van der Waals surface area contributed by atoms with E-state index in [1.807, 2.05) is 24.3 Å². The summed E-state index contributed by atoms with van der Waals surface area (Å²) in [7, 11) is 0. The average Bonchev–Trinajstić information content (AvgIpc) is 2.85. The first-order valence-electron chi connectivity index (χ1n) is 6.66. The van der Waals surface area contributed by atoms with Crippen molar-refractivity contribution in [3.05, 3.63) is 30.1 Å². The zero-order chi connectivity index (χ0) is 13.2. The molecule has 1 amide bonds. The molecule has 1 aromatic carbocycles. The van der Waals surface area contributed by atoms with Gasteiger partial charge in [-0.25, -0.2) is 4.98 Å². The molecule has 1 fully saturated rings. The minimum Gasteiger partial charge on any atom is -0.393 e. The summed E-state index contributed by atoms with van der Waals surface area (Å²) in [6.45, 7) is 0. The highest BCUT2D eigenvalue weighted by molar-refractivity contribution is 5.94. The van der Waals surface area contributed by atoms with Crippen LogP contribution in [0.5, 0.6) is 0 Å². The lowest BCUT2D eigenvalue weighted by Gasteiger charge is -2.25. The van der Waals surface area contributed by atoms with E-state index in [1.165, 1.54) is 0 Å². The molecule has 0 unspecified atom stereocenters. The molecule has 100 valence electrons. The number of aromatic nitrogens is 2. The maximum Gasteiger partial charge on any atom is 0.287 e. The number of imidazole rings is 1. The van der Waals surface area contributed by atoms with Gasteiger partial charge in [0, 0.05) is 6.04 Å². The van der Waals surface area contributed by atoms with Gasteiger partial charge in [0.1, 0.15) is 0 Å². The van der Waals surface area contributed by atoms with Crippen LogP contribution in [0.3, 0.4) is 0 Å². The third kappa shape index (κ3) is 2.61. The minimum absolute atomic E-state index is 0.143. The SMILES string of the molecule is O=C(NC1CCC(O)CC1)c1nc2ccccc2[nH]1. The highest BCUT2D eigenvalue weighted by atomic mass is 16.3. The van der Waals surface area contributed by atoms with Crippen LogP contribution in [0, 0.1) is 0 Å². The number of aliphatic hydroxyl groups excluding tert-OH is 1. The first-order chi connectivity index (χ1) is 9.22. The van der Waals surface area contributed by atoms with Gasteiger partial charge in [0.25, 0.3) is 5.91 Å². The predicted molar refractivity (Wildman–Crippen MR) is 71.8 cm³/mol. The van der Waals surface area contributed by atoms with E-state index in [0.717, 1.165) is 36.7 Å². The number of nitrogens with zero attached hydrogens (tertiary/aromatic N) is 1. The minimum atomic E-state index is -0.209. The number of hydrogen-bond donors (Lipinski definition) is 3. The van der Waals surface area contributed by atoms with Gasteiger partial charge in [-0.15, -0.1) is 0 Å². The number of nitrogens with one attached hydrogen (secondary N) is 2. The van der Waals surface area contributed by atoms with Crippen molar-refractivity contribution in [2.24, 2.45) is 0 Å². The summed E-state index contributed by atoms with van der Waals surface area (Å²) in [6.07, 6.45) is 2.95. The number of aromatic amines is 1. The van der Waals surface area contributed by atoms with Crippen LogP contribution in [0.4, 0.5) is 0 Å². The van der Waals surface area contributed by atoms with Crippen molar-refractivity contribution in [2.75, 3.05) is 0 Å². The molecule has 19 heavy (non-hydrogen) atoms. The quantitative estimate of drug-likeness (QED) is 0.766. The van der Waals surface area contributed by atoms with E-state index in [9.17, 15) is 9.90 Å². The molecule has 0 bridgehead atoms. The molecule has 3 rings (SSSR count). The Hall–Kier alpha value is -1.88. The standard InChI is InChI=1S/C14H17N3O2/c18-10-7-5-9(6-8-10)15-14(19)13-16-11-3-1-2-4-12(11)17-13/h1-4,9-10,18H,5-8H2,(H,15,19)(H,16,17). The third-order valence-corrected chi connectivity index (χ3v) is 3.64. The molecule has 0 radical (unpaired) electrons. The summed E-state index contributed by atoms with van der Waals surface area (Å²) in [5.74, 6) is 0.185. The summed E-state index contributed by atoms with van der Waals surface area (Å²) in [4.78, 5) is 19.4. The molecule has 0 saturated heterocycles. The Bertz CT molecular complexity index is 552. The normalized spacial score (nSPS) is 23.4. The van der Waals surface area contributed by atoms with Crippen molar-refractivity contribution < 1.29 is 9.90 Å². The highest BCUT2D eigenvalue weighted by Gasteiger charge is 2.22. The van der Waals surface area contributed by atoms with Gasteiger partial charge in [-0.2, -0.15) is 0 Å². The summed E-state index contributed by atoms with van der Waals surface area (Å²) < 4.78 is 0. The second-order valence-electron chi connectivity index (χ2n) is 5.08. The number of hydrogen-bond acceptors (Lipinski definition) is 3. The van der Waals surface area contributed by atoms with Crippen LogP contribution < -0.4 is 5.32 Å². The number of carbonyl (C=O) groups excluding carboxylic acids is 1. The second-order valence-corrected chi connectivity index (χ2v) is 5.08. The van der Waals surface area contributed by atoms with E-state index in [1.54, 1.807) is 0 Å². The first kappa shape index (κ1) is 12.2. The summed E-state index contributed by atoms with van der Waals surface area (Å²) in [5, 5.41) is 12.4. The molecule has 1 aliphatic carbocycles. The Kier molecular flexibility index (Phi) is 3.21. The monoisotopic (exact) mass is 259 g/mol. The Balaban J connectivity index is 1.70. The van der Waals surface area contributed by atoms with Crippen LogP contribution in [0.25, 0.3) is 11.0 Å². The number of carbonyl (C=O) groups is 1. The van der Waals surface area contributed by atoms with Crippen LogP contribution in [-0.2, 0) is 0 Å². The number of rotatable bonds is 2. The maximum absolute atomic E-state index is 12.1. The lowest BCUT2D eigenvalue weighted by molar-refractivity contribution is 0.0859. The number of para-hydroxylation sites is 2. The second kappa shape index (κ2) is 5.01. The molecule has 2 aromatic rings. The lowest BCUT2D eigenvalue weighted by Crippen LogP contribution is -2.39. The topological polar surface area (TPSA) is 78.0 Å². The van der Waals surface area contributed by atoms with E-state index in [2.05, 4.69) is 15.3 Å². The van der Waals surface area contributed by atoms with Gasteiger partial charge in [-0.05, 0) is 37.8 Å². The fourth-order valence-corrected chi connectivity index (χ4v) is 2.53. The Morgan fingerprint density at radius 1 is 1.26 bits per heavy atom. The van der Waals surface area contributed by atoms with Gasteiger partial charge in [0.05, 0.1) is 17.1 Å². The predicted octanol–water partition coefficient (Wildman–Crippen LogP) is 1.60. The van der Waals surface area contributed by atoms with E-state index in [-0.39, 0.29) is 18.1 Å². The number of aliphatic hydroxyl groups is 1. The number of H-pyrrole nitrogens is 1. The van der Waals surface area contributed by atoms with Crippen LogP contribution in [0.1, 0.15) is 36.3 Å². The van der Waals surface area contributed by atoms with Crippen LogP contribution in [0.2, 0.25) is 0 Å². The smallest absolute Gasteiger partial charge is 0.287 e. The molecule has 3 N–H and O–H groups in total. The van der Waals surface area contributed by atoms with E-state index in [4.69, 9.17) is 0 Å². The van der Waals surface area contributed by atoms with E-state index < -0.39 is 0 Å². The van der Waals surface area contributed by atoms with Crippen molar-refractivity contribution in [3.8, 4) is 0 Å². The Morgan fingerprint density at radius 3 is 2.74 bits per heavy atom. The summed E-state index contributed by atoms with van der Waals surface area (Å²) >= 11 is 0. The summed E-state index contributed by atoms with van der Waals surface area (Å²) in [6, 6.07) is 7.72. The zero-order valence-corrected chi connectivity index (χ0v) is 10.6. The van der Waals surface area contributed by atoms with Gasteiger partial charge < -0.3 is 15.4 Å². The average molecular weight is 259 g/mol. The van der Waals surface area contributed by atoms with Crippen LogP contribution >= 0.6 is 0 Å². The molecular formula is C14H17N3O2. The molecule has 1 aromatic heterocycles. The van der Waals surface area contributed by atoms with E-state index >= 15 is 0 Å². The van der Waals surface area contributed by atoms with Gasteiger partial charge >= 0.3 is 0 Å². The Morgan fingerprint density at radius 2 is 2.00 bits per heavy atom. The first-order valence-corrected chi connectivity index (χ1v) is 6.66. The fraction of sp³-hybridized carbons (Fsp3) is 0.429. The molecule has 0 spiro atoms. The number of amides is 1. The lowest BCUT2D eigenvalue weighted by atomic mass is 9.93. The molecule has 0 aliphatic heterocycles. The van der Waals surface area contributed by atoms with Gasteiger partial charge in [0.2, 0.25) is 0 Å². The molecule has 1 saturated carbocycles. The van der Waals surface area contributed by atoms with Crippen molar-refractivity contribution in [3.63, 3.8) is 0 Å². The van der Waals surface area contributed by atoms with Crippen molar-refractivity contribution in [1.82, 2.24) is 15.3 Å². The van der Waals surface area contributed by atoms with Gasteiger partial charge in [-0.1, -0.05) is 12.1 Å². The fourth-order valence-electron chi connectivity index (χ4n) is 2.53. The molecule has 1 aliphatic rings. The maximum atomic E-state index is 12.1. The van der Waals surface area contributed by atoms with E-state index in [0.29, 0.717) is 5.82 Å². The van der Waals surface area contributed by atoms with Crippen molar-refractivity contribution in [1.29, 1.82) is 0 Å².